The normalized spacial score (nSPS) is 10.8. The van der Waals surface area contributed by atoms with Crippen LogP contribution >= 0.6 is 11.8 Å². The Bertz CT molecular complexity index is 310. The monoisotopic (exact) mass is 229 g/mol. The molecule has 1 aromatic heterocycles. The average Bonchev–Trinajstić information content (AvgIpc) is 2.46. The van der Waals surface area contributed by atoms with E-state index in [1.165, 1.54) is 0 Å². The zero-order chi connectivity index (χ0) is 11.3. The van der Waals surface area contributed by atoms with Crippen molar-refractivity contribution in [3.05, 3.63) is 6.07 Å². The number of rotatable bonds is 6. The third-order valence-electron chi connectivity index (χ3n) is 2.30. The van der Waals surface area contributed by atoms with E-state index in [1.54, 1.807) is 22.4 Å². The third-order valence-corrected chi connectivity index (χ3v) is 3.20. The van der Waals surface area contributed by atoms with Crippen LogP contribution in [0.5, 0.6) is 11.8 Å². The molecule has 0 aliphatic carbocycles. The highest BCUT2D eigenvalue weighted by atomic mass is 32.2. The van der Waals surface area contributed by atoms with Gasteiger partial charge in [-0.2, -0.15) is 0 Å². The Kier molecular flexibility index (Phi) is 4.88. The quantitative estimate of drug-likeness (QED) is 0.581. The highest BCUT2D eigenvalue weighted by Crippen LogP contribution is 2.35. The minimum Gasteiger partial charge on any atom is -0.494 e. The van der Waals surface area contributed by atoms with Gasteiger partial charge in [0.1, 0.15) is 0 Å². The van der Waals surface area contributed by atoms with E-state index >= 15 is 0 Å². The van der Waals surface area contributed by atoms with Gasteiger partial charge < -0.3 is 10.2 Å². The Morgan fingerprint density at radius 2 is 2.00 bits per heavy atom. The lowest BCUT2D eigenvalue weighted by molar-refractivity contribution is 0.358. The van der Waals surface area contributed by atoms with Crippen molar-refractivity contribution in [1.29, 1.82) is 0 Å². The summed E-state index contributed by atoms with van der Waals surface area (Å²) in [5, 5.41) is 19.4. The first-order chi connectivity index (χ1) is 7.20. The van der Waals surface area contributed by atoms with Gasteiger partial charge in [0, 0.05) is 12.6 Å². The van der Waals surface area contributed by atoms with Crippen LogP contribution < -0.4 is 0 Å². The molecule has 1 rings (SSSR count). The molecule has 0 atom stereocenters. The topological polar surface area (TPSA) is 45.4 Å². The number of unbranched alkanes of at least 4 members (excludes halogenated alkanes) is 2. The summed E-state index contributed by atoms with van der Waals surface area (Å²) in [6.07, 6.45) is 3.25. The van der Waals surface area contributed by atoms with Crippen molar-refractivity contribution < 1.29 is 10.2 Å². The smallest absolute Gasteiger partial charge is 0.208 e. The standard InChI is InChI=1S/C11H19NO2S/c1-3-5-6-7-12-10(13)8-9(11(12)14)15-4-2/h8,13-14H,3-7H2,1-2H3. The van der Waals surface area contributed by atoms with Crippen LogP contribution in [0.15, 0.2) is 11.0 Å². The Labute approximate surface area is 95.1 Å². The van der Waals surface area contributed by atoms with Gasteiger partial charge in [0.25, 0.3) is 0 Å². The van der Waals surface area contributed by atoms with Gasteiger partial charge in [0.15, 0.2) is 5.88 Å². The number of aromatic hydroxyl groups is 2. The molecule has 0 fully saturated rings. The van der Waals surface area contributed by atoms with Crippen LogP contribution in [0.4, 0.5) is 0 Å². The van der Waals surface area contributed by atoms with Gasteiger partial charge in [-0.25, -0.2) is 0 Å². The van der Waals surface area contributed by atoms with Crippen molar-refractivity contribution in [2.24, 2.45) is 0 Å². The van der Waals surface area contributed by atoms with E-state index in [4.69, 9.17) is 0 Å². The van der Waals surface area contributed by atoms with Gasteiger partial charge in [0.2, 0.25) is 5.88 Å². The predicted octanol–water partition coefficient (Wildman–Crippen LogP) is 3.20. The van der Waals surface area contributed by atoms with E-state index in [1.807, 2.05) is 6.92 Å². The van der Waals surface area contributed by atoms with E-state index < -0.39 is 0 Å². The summed E-state index contributed by atoms with van der Waals surface area (Å²) >= 11 is 1.55. The Hall–Kier alpha value is -0.770. The van der Waals surface area contributed by atoms with Gasteiger partial charge in [-0.1, -0.05) is 26.7 Å². The summed E-state index contributed by atoms with van der Waals surface area (Å²) in [6, 6.07) is 1.63. The average molecular weight is 229 g/mol. The molecule has 4 heteroatoms. The second-order valence-corrected chi connectivity index (χ2v) is 4.79. The maximum absolute atomic E-state index is 9.82. The summed E-state index contributed by atoms with van der Waals surface area (Å²) in [4.78, 5) is 0.770. The van der Waals surface area contributed by atoms with Gasteiger partial charge in [-0.15, -0.1) is 11.8 Å². The fraction of sp³-hybridized carbons (Fsp3) is 0.636. The van der Waals surface area contributed by atoms with E-state index in [0.29, 0.717) is 6.54 Å². The molecule has 2 N–H and O–H groups in total. The summed E-state index contributed by atoms with van der Waals surface area (Å²) in [5.41, 5.74) is 0. The number of hydrogen-bond acceptors (Lipinski definition) is 3. The maximum atomic E-state index is 9.82. The lowest BCUT2D eigenvalue weighted by Crippen LogP contribution is -1.96. The molecule has 0 bridgehead atoms. The third kappa shape index (κ3) is 3.09. The van der Waals surface area contributed by atoms with Crippen molar-refractivity contribution in [1.82, 2.24) is 4.57 Å². The van der Waals surface area contributed by atoms with Gasteiger partial charge in [0.05, 0.1) is 4.90 Å². The summed E-state index contributed by atoms with van der Waals surface area (Å²) in [7, 11) is 0. The SMILES string of the molecule is CCCCCn1c(O)cc(SCC)c1O. The lowest BCUT2D eigenvalue weighted by atomic mass is 10.2. The molecular weight excluding hydrogens is 210 g/mol. The van der Waals surface area contributed by atoms with E-state index in [-0.39, 0.29) is 11.8 Å². The van der Waals surface area contributed by atoms with Gasteiger partial charge in [-0.05, 0) is 12.2 Å². The highest BCUT2D eigenvalue weighted by Gasteiger charge is 2.12. The summed E-state index contributed by atoms with van der Waals surface area (Å²) in [6.45, 7) is 4.85. The molecule has 0 aliphatic heterocycles. The van der Waals surface area contributed by atoms with E-state index in [9.17, 15) is 10.2 Å². The molecule has 0 aromatic carbocycles. The molecule has 1 aromatic rings. The maximum Gasteiger partial charge on any atom is 0.208 e. The van der Waals surface area contributed by atoms with Crippen molar-refractivity contribution >= 4 is 11.8 Å². The van der Waals surface area contributed by atoms with Gasteiger partial charge in [-0.3, -0.25) is 4.57 Å². The molecular formula is C11H19NO2S. The second kappa shape index (κ2) is 5.95. The first kappa shape index (κ1) is 12.3. The predicted molar refractivity (Wildman–Crippen MR) is 63.7 cm³/mol. The molecule has 1 heterocycles. The molecule has 0 radical (unpaired) electrons. The Balaban J connectivity index is 2.69. The molecule has 0 saturated carbocycles. The van der Waals surface area contributed by atoms with E-state index in [0.717, 1.165) is 29.9 Å². The highest BCUT2D eigenvalue weighted by molar-refractivity contribution is 7.99. The van der Waals surface area contributed by atoms with E-state index in [2.05, 4.69) is 6.92 Å². The largest absolute Gasteiger partial charge is 0.494 e. The van der Waals surface area contributed by atoms with Crippen LogP contribution in [0.25, 0.3) is 0 Å². The van der Waals surface area contributed by atoms with Crippen molar-refractivity contribution in [2.45, 2.75) is 44.6 Å². The molecule has 0 amide bonds. The summed E-state index contributed by atoms with van der Waals surface area (Å²) in [5.74, 6) is 1.27. The minimum absolute atomic E-state index is 0.166. The minimum atomic E-state index is 0.166. The Morgan fingerprint density at radius 1 is 1.27 bits per heavy atom. The molecule has 0 unspecified atom stereocenters. The Morgan fingerprint density at radius 3 is 2.60 bits per heavy atom. The zero-order valence-corrected chi connectivity index (χ0v) is 10.2. The molecule has 0 spiro atoms. The summed E-state index contributed by atoms with van der Waals surface area (Å²) < 4.78 is 1.58. The fourth-order valence-corrected chi connectivity index (χ4v) is 2.24. The number of aromatic nitrogens is 1. The first-order valence-electron chi connectivity index (χ1n) is 5.45. The molecule has 86 valence electrons. The van der Waals surface area contributed by atoms with Crippen LogP contribution in [0.1, 0.15) is 33.1 Å². The second-order valence-electron chi connectivity index (χ2n) is 3.48. The molecule has 15 heavy (non-hydrogen) atoms. The number of hydrogen-bond donors (Lipinski definition) is 2. The van der Waals surface area contributed by atoms with Crippen LogP contribution in [-0.4, -0.2) is 20.5 Å². The van der Waals surface area contributed by atoms with Gasteiger partial charge >= 0.3 is 0 Å². The van der Waals surface area contributed by atoms with Crippen molar-refractivity contribution in [3.8, 4) is 11.8 Å². The zero-order valence-electron chi connectivity index (χ0n) is 9.36. The molecule has 3 nitrogen and oxygen atoms in total. The van der Waals surface area contributed by atoms with Crippen molar-refractivity contribution in [2.75, 3.05) is 5.75 Å². The van der Waals surface area contributed by atoms with Crippen molar-refractivity contribution in [3.63, 3.8) is 0 Å². The number of nitrogens with zero attached hydrogens (tertiary/aromatic N) is 1. The fourth-order valence-electron chi connectivity index (χ4n) is 1.50. The number of thioether (sulfide) groups is 1. The lowest BCUT2D eigenvalue weighted by Gasteiger charge is -2.06. The van der Waals surface area contributed by atoms with Crippen LogP contribution in [0, 0.1) is 0 Å². The van der Waals surface area contributed by atoms with Crippen LogP contribution in [-0.2, 0) is 6.54 Å². The van der Waals surface area contributed by atoms with Crippen LogP contribution in [0.3, 0.4) is 0 Å². The van der Waals surface area contributed by atoms with Crippen LogP contribution in [0.2, 0.25) is 0 Å². The molecule has 0 aliphatic rings. The molecule has 0 saturated heterocycles. The first-order valence-corrected chi connectivity index (χ1v) is 6.43.